The third-order valence-electron chi connectivity index (χ3n) is 4.63. The summed E-state index contributed by atoms with van der Waals surface area (Å²) in [5.41, 5.74) is 1.00. The zero-order chi connectivity index (χ0) is 17.1. The van der Waals surface area contributed by atoms with Crippen LogP contribution in [0.2, 0.25) is 0 Å². The molecule has 4 heterocycles. The van der Waals surface area contributed by atoms with Gasteiger partial charge in [-0.3, -0.25) is 4.98 Å². The van der Waals surface area contributed by atoms with E-state index in [1.165, 1.54) is 6.07 Å². The molecule has 1 saturated heterocycles. The topological polar surface area (TPSA) is 46.8 Å². The first-order valence-electron chi connectivity index (χ1n) is 8.57. The molecule has 3 aromatic rings. The van der Waals surface area contributed by atoms with Crippen LogP contribution in [0.15, 0.2) is 55.1 Å². The van der Waals surface area contributed by atoms with Crippen LogP contribution in [0.3, 0.4) is 0 Å². The van der Waals surface area contributed by atoms with Gasteiger partial charge in [0.2, 0.25) is 0 Å². The van der Waals surface area contributed by atoms with Crippen LogP contribution in [0, 0.1) is 5.82 Å². The van der Waals surface area contributed by atoms with Crippen LogP contribution in [-0.4, -0.2) is 32.6 Å². The third kappa shape index (κ3) is 3.38. The highest BCUT2D eigenvalue weighted by Crippen LogP contribution is 2.29. The molecule has 0 radical (unpaired) electrons. The van der Waals surface area contributed by atoms with Gasteiger partial charge in [0.25, 0.3) is 0 Å². The summed E-state index contributed by atoms with van der Waals surface area (Å²) in [5, 5.41) is 0. The van der Waals surface area contributed by atoms with Crippen molar-refractivity contribution in [1.29, 1.82) is 0 Å². The van der Waals surface area contributed by atoms with Crippen LogP contribution >= 0.6 is 0 Å². The fourth-order valence-corrected chi connectivity index (χ4v) is 3.47. The quantitative estimate of drug-likeness (QED) is 0.733. The second-order valence-corrected chi connectivity index (χ2v) is 6.33. The smallest absolute Gasteiger partial charge is 0.165 e. The number of hydrogen-bond donors (Lipinski definition) is 0. The Morgan fingerprint density at radius 2 is 1.96 bits per heavy atom. The van der Waals surface area contributed by atoms with E-state index in [0.717, 1.165) is 37.4 Å². The second kappa shape index (κ2) is 7.01. The van der Waals surface area contributed by atoms with E-state index in [1.54, 1.807) is 18.5 Å². The molecule has 0 saturated carbocycles. The molecular weight excluding hydrogens is 317 g/mol. The minimum absolute atomic E-state index is 0.258. The van der Waals surface area contributed by atoms with Crippen LogP contribution in [-0.2, 0) is 6.54 Å². The minimum atomic E-state index is -0.264. The lowest BCUT2D eigenvalue weighted by Gasteiger charge is -2.33. The monoisotopic (exact) mass is 337 g/mol. The predicted molar refractivity (Wildman–Crippen MR) is 93.9 cm³/mol. The summed E-state index contributed by atoms with van der Waals surface area (Å²) in [5.74, 6) is 1.47. The maximum absolute atomic E-state index is 14.1. The first-order chi connectivity index (χ1) is 12.3. The van der Waals surface area contributed by atoms with Crippen molar-refractivity contribution in [2.45, 2.75) is 25.3 Å². The largest absolute Gasteiger partial charge is 0.353 e. The van der Waals surface area contributed by atoms with Gasteiger partial charge >= 0.3 is 0 Å². The normalized spacial score (nSPS) is 17.6. The number of hydrogen-bond acceptors (Lipinski definition) is 4. The van der Waals surface area contributed by atoms with E-state index in [4.69, 9.17) is 0 Å². The molecule has 0 aliphatic carbocycles. The summed E-state index contributed by atoms with van der Waals surface area (Å²) >= 11 is 0. The van der Waals surface area contributed by atoms with Crippen molar-refractivity contribution in [3.05, 3.63) is 72.5 Å². The molecule has 5 nitrogen and oxygen atoms in total. The highest BCUT2D eigenvalue weighted by atomic mass is 19.1. The van der Waals surface area contributed by atoms with Gasteiger partial charge in [-0.15, -0.1) is 0 Å². The van der Waals surface area contributed by atoms with Crippen molar-refractivity contribution in [3.63, 3.8) is 0 Å². The summed E-state index contributed by atoms with van der Waals surface area (Å²) < 4.78 is 16.2. The molecule has 1 aliphatic heterocycles. The number of aromatic nitrogens is 4. The SMILES string of the molecule is Fc1cccnc1N1CCC[C@@H](c2nccn2Cc2ccccn2)C1. The van der Waals surface area contributed by atoms with Gasteiger partial charge < -0.3 is 9.47 Å². The van der Waals surface area contributed by atoms with Crippen LogP contribution in [0.25, 0.3) is 0 Å². The van der Waals surface area contributed by atoms with Gasteiger partial charge in [0.15, 0.2) is 11.6 Å². The molecule has 1 fully saturated rings. The van der Waals surface area contributed by atoms with E-state index < -0.39 is 0 Å². The Bertz CT molecular complexity index is 833. The molecule has 6 heteroatoms. The molecule has 0 N–H and O–H groups in total. The van der Waals surface area contributed by atoms with Gasteiger partial charge in [0.1, 0.15) is 5.82 Å². The maximum atomic E-state index is 14.1. The number of halogens is 1. The highest BCUT2D eigenvalue weighted by Gasteiger charge is 2.26. The summed E-state index contributed by atoms with van der Waals surface area (Å²) in [7, 11) is 0. The summed E-state index contributed by atoms with van der Waals surface area (Å²) in [6.45, 7) is 2.25. The van der Waals surface area contributed by atoms with Gasteiger partial charge in [-0.25, -0.2) is 14.4 Å². The molecule has 0 aromatic carbocycles. The van der Waals surface area contributed by atoms with E-state index >= 15 is 0 Å². The molecule has 0 spiro atoms. The third-order valence-corrected chi connectivity index (χ3v) is 4.63. The molecule has 0 bridgehead atoms. The first-order valence-corrected chi connectivity index (χ1v) is 8.57. The number of pyridine rings is 2. The highest BCUT2D eigenvalue weighted by molar-refractivity contribution is 5.40. The Balaban J connectivity index is 1.54. The van der Waals surface area contributed by atoms with E-state index in [0.29, 0.717) is 12.4 Å². The summed E-state index contributed by atoms with van der Waals surface area (Å²) in [6.07, 6.45) is 9.31. The zero-order valence-electron chi connectivity index (χ0n) is 13.9. The molecular formula is C19H20FN5. The number of rotatable bonds is 4. The van der Waals surface area contributed by atoms with Crippen LogP contribution in [0.5, 0.6) is 0 Å². The molecule has 0 unspecified atom stereocenters. The fourth-order valence-electron chi connectivity index (χ4n) is 3.47. The molecule has 3 aromatic heterocycles. The van der Waals surface area contributed by atoms with Crippen molar-refractivity contribution in [1.82, 2.24) is 19.5 Å². The van der Waals surface area contributed by atoms with Gasteiger partial charge in [-0.05, 0) is 37.1 Å². The van der Waals surface area contributed by atoms with Crippen molar-refractivity contribution in [2.24, 2.45) is 0 Å². The second-order valence-electron chi connectivity index (χ2n) is 6.33. The van der Waals surface area contributed by atoms with Gasteiger partial charge in [0.05, 0.1) is 12.2 Å². The Morgan fingerprint density at radius 1 is 1.04 bits per heavy atom. The number of piperidine rings is 1. The Labute approximate surface area is 146 Å². The standard InChI is InChI=1S/C19H20FN5/c20-17-7-3-9-22-19(17)24-11-4-5-15(13-24)18-23-10-12-25(18)14-16-6-1-2-8-21-16/h1-3,6-10,12,15H,4-5,11,13-14H2/t15-/m1/s1. The van der Waals surface area contributed by atoms with Crippen molar-refractivity contribution >= 4 is 5.82 Å². The maximum Gasteiger partial charge on any atom is 0.165 e. The van der Waals surface area contributed by atoms with Crippen LogP contribution in [0.1, 0.15) is 30.3 Å². The fraction of sp³-hybridized carbons (Fsp3) is 0.316. The number of nitrogens with zero attached hydrogens (tertiary/aromatic N) is 5. The first kappa shape index (κ1) is 15.7. The van der Waals surface area contributed by atoms with E-state index in [-0.39, 0.29) is 11.7 Å². The summed E-state index contributed by atoms with van der Waals surface area (Å²) in [4.78, 5) is 15.2. The molecule has 1 aliphatic rings. The van der Waals surface area contributed by atoms with Gasteiger partial charge in [-0.2, -0.15) is 0 Å². The molecule has 1 atom stereocenters. The Kier molecular flexibility index (Phi) is 4.41. The molecule has 128 valence electrons. The molecule has 0 amide bonds. The number of imidazole rings is 1. The average molecular weight is 337 g/mol. The summed E-state index contributed by atoms with van der Waals surface area (Å²) in [6, 6.07) is 9.01. The zero-order valence-corrected chi connectivity index (χ0v) is 13.9. The molecule has 25 heavy (non-hydrogen) atoms. The minimum Gasteiger partial charge on any atom is -0.353 e. The average Bonchev–Trinajstić information content (AvgIpc) is 3.11. The lowest BCUT2D eigenvalue weighted by atomic mass is 9.97. The van der Waals surface area contributed by atoms with Crippen molar-refractivity contribution in [3.8, 4) is 0 Å². The van der Waals surface area contributed by atoms with E-state index in [1.807, 2.05) is 35.5 Å². The molecule has 4 rings (SSSR count). The predicted octanol–water partition coefficient (Wildman–Crippen LogP) is 3.24. The van der Waals surface area contributed by atoms with Gasteiger partial charge in [0, 0.05) is 43.8 Å². The van der Waals surface area contributed by atoms with Crippen molar-refractivity contribution in [2.75, 3.05) is 18.0 Å². The van der Waals surface area contributed by atoms with E-state index in [9.17, 15) is 4.39 Å². The van der Waals surface area contributed by atoms with Gasteiger partial charge in [-0.1, -0.05) is 6.07 Å². The number of anilines is 1. The lowest BCUT2D eigenvalue weighted by molar-refractivity contribution is 0.467. The Hall–Kier alpha value is -2.76. The van der Waals surface area contributed by atoms with E-state index in [2.05, 4.69) is 19.5 Å². The van der Waals surface area contributed by atoms with Crippen molar-refractivity contribution < 1.29 is 4.39 Å². The van der Waals surface area contributed by atoms with Crippen LogP contribution < -0.4 is 4.90 Å². The lowest BCUT2D eigenvalue weighted by Crippen LogP contribution is -2.36. The van der Waals surface area contributed by atoms with Crippen LogP contribution in [0.4, 0.5) is 10.2 Å². The Morgan fingerprint density at radius 3 is 2.80 bits per heavy atom.